The number of hydrogen-bond acceptors (Lipinski definition) is 2. The van der Waals surface area contributed by atoms with E-state index in [1.54, 1.807) is 6.20 Å². The molecule has 1 aromatic rings. The molecule has 1 amide bonds. The van der Waals surface area contributed by atoms with Gasteiger partial charge in [-0.2, -0.15) is 0 Å². The van der Waals surface area contributed by atoms with E-state index in [9.17, 15) is 4.79 Å². The van der Waals surface area contributed by atoms with Crippen LogP contribution in [0.4, 0.5) is 0 Å². The summed E-state index contributed by atoms with van der Waals surface area (Å²) < 4.78 is 0. The third-order valence-corrected chi connectivity index (χ3v) is 2.34. The Kier molecular flexibility index (Phi) is 3.83. The maximum Gasteiger partial charge on any atom is 0.223 e. The molecule has 1 heterocycles. The number of pyridine rings is 1. The van der Waals surface area contributed by atoms with Crippen LogP contribution in [0, 0.1) is 12.8 Å². The smallest absolute Gasteiger partial charge is 0.223 e. The average molecular weight is 206 g/mol. The lowest BCUT2D eigenvalue weighted by molar-refractivity contribution is -0.124. The van der Waals surface area contributed by atoms with E-state index in [0.29, 0.717) is 0 Å². The second-order valence-corrected chi connectivity index (χ2v) is 4.09. The minimum atomic E-state index is -0.0268. The third kappa shape index (κ3) is 3.05. The van der Waals surface area contributed by atoms with E-state index in [2.05, 4.69) is 10.3 Å². The van der Waals surface area contributed by atoms with Crippen molar-refractivity contribution in [3.05, 3.63) is 29.6 Å². The summed E-state index contributed by atoms with van der Waals surface area (Å²) in [5, 5.41) is 2.94. The second kappa shape index (κ2) is 4.91. The minimum absolute atomic E-state index is 0.0106. The molecular weight excluding hydrogens is 188 g/mol. The molecular formula is C12H18N2O. The van der Waals surface area contributed by atoms with Crippen LogP contribution in [-0.4, -0.2) is 10.9 Å². The van der Waals surface area contributed by atoms with Gasteiger partial charge >= 0.3 is 0 Å². The predicted octanol–water partition coefficient (Wildman–Crippen LogP) is 2.22. The Bertz CT molecular complexity index is 347. The van der Waals surface area contributed by atoms with E-state index < -0.39 is 0 Å². The van der Waals surface area contributed by atoms with Gasteiger partial charge in [0.25, 0.3) is 0 Å². The molecule has 0 aliphatic heterocycles. The molecule has 1 rings (SSSR count). The van der Waals surface area contributed by atoms with Crippen LogP contribution in [0.5, 0.6) is 0 Å². The van der Waals surface area contributed by atoms with E-state index >= 15 is 0 Å². The van der Waals surface area contributed by atoms with Crippen molar-refractivity contribution in [1.82, 2.24) is 10.3 Å². The van der Waals surface area contributed by atoms with Crippen LogP contribution in [0.15, 0.2) is 18.3 Å². The molecule has 0 saturated heterocycles. The van der Waals surface area contributed by atoms with Gasteiger partial charge in [0, 0.05) is 12.1 Å². The number of carbonyl (C=O) groups is 1. The highest BCUT2D eigenvalue weighted by Crippen LogP contribution is 2.13. The number of carbonyl (C=O) groups excluding carboxylic acids is 1. The number of nitrogens with zero attached hydrogens (tertiary/aromatic N) is 1. The topological polar surface area (TPSA) is 42.0 Å². The first-order chi connectivity index (χ1) is 7.02. The molecule has 0 saturated carbocycles. The van der Waals surface area contributed by atoms with Crippen molar-refractivity contribution in [2.24, 2.45) is 5.92 Å². The Balaban J connectivity index is 2.73. The molecule has 1 unspecified atom stereocenters. The van der Waals surface area contributed by atoms with Crippen LogP contribution in [0.25, 0.3) is 0 Å². The standard InChI is InChI=1S/C12H18N2O/c1-8(2)12(15)14-10(4)11-9(3)6-5-7-13-11/h5-8,10H,1-4H3,(H,14,15). The molecule has 82 valence electrons. The zero-order valence-corrected chi connectivity index (χ0v) is 9.74. The molecule has 0 spiro atoms. The van der Waals surface area contributed by atoms with E-state index in [4.69, 9.17) is 0 Å². The molecule has 1 aromatic heterocycles. The first-order valence-corrected chi connectivity index (χ1v) is 5.24. The van der Waals surface area contributed by atoms with Crippen molar-refractivity contribution in [2.75, 3.05) is 0 Å². The molecule has 0 aliphatic rings. The number of hydrogen-bond donors (Lipinski definition) is 1. The lowest BCUT2D eigenvalue weighted by atomic mass is 10.1. The van der Waals surface area contributed by atoms with E-state index in [1.165, 1.54) is 0 Å². The van der Waals surface area contributed by atoms with Gasteiger partial charge in [0.05, 0.1) is 11.7 Å². The fraction of sp³-hybridized carbons (Fsp3) is 0.500. The molecule has 0 radical (unpaired) electrons. The molecule has 3 heteroatoms. The van der Waals surface area contributed by atoms with Gasteiger partial charge in [-0.15, -0.1) is 0 Å². The van der Waals surface area contributed by atoms with Crippen molar-refractivity contribution in [2.45, 2.75) is 33.7 Å². The van der Waals surface area contributed by atoms with Gasteiger partial charge in [-0.1, -0.05) is 19.9 Å². The predicted molar refractivity (Wildman–Crippen MR) is 60.4 cm³/mol. The summed E-state index contributed by atoms with van der Waals surface area (Å²) in [5.41, 5.74) is 2.04. The van der Waals surface area contributed by atoms with Crippen LogP contribution >= 0.6 is 0 Å². The van der Waals surface area contributed by atoms with Crippen LogP contribution in [0.3, 0.4) is 0 Å². The summed E-state index contributed by atoms with van der Waals surface area (Å²) in [7, 11) is 0. The largest absolute Gasteiger partial charge is 0.348 e. The van der Waals surface area contributed by atoms with Crippen molar-refractivity contribution in [3.63, 3.8) is 0 Å². The Morgan fingerprint density at radius 2 is 2.07 bits per heavy atom. The maximum atomic E-state index is 11.5. The Morgan fingerprint density at radius 3 is 2.60 bits per heavy atom. The molecule has 0 bridgehead atoms. The Labute approximate surface area is 90.9 Å². The average Bonchev–Trinajstić information content (AvgIpc) is 2.18. The minimum Gasteiger partial charge on any atom is -0.348 e. The summed E-state index contributed by atoms with van der Waals surface area (Å²) in [6, 6.07) is 3.87. The van der Waals surface area contributed by atoms with Crippen LogP contribution < -0.4 is 5.32 Å². The van der Waals surface area contributed by atoms with Gasteiger partial charge in [-0.3, -0.25) is 9.78 Å². The highest BCUT2D eigenvalue weighted by atomic mass is 16.1. The van der Waals surface area contributed by atoms with E-state index in [-0.39, 0.29) is 17.9 Å². The molecule has 3 nitrogen and oxygen atoms in total. The first-order valence-electron chi connectivity index (χ1n) is 5.24. The summed E-state index contributed by atoms with van der Waals surface area (Å²) in [5.74, 6) is 0.0732. The van der Waals surface area contributed by atoms with Crippen molar-refractivity contribution in [3.8, 4) is 0 Å². The van der Waals surface area contributed by atoms with Crippen LogP contribution in [0.2, 0.25) is 0 Å². The molecule has 0 aliphatic carbocycles. The van der Waals surface area contributed by atoms with Crippen molar-refractivity contribution in [1.29, 1.82) is 0 Å². The maximum absolute atomic E-state index is 11.5. The second-order valence-electron chi connectivity index (χ2n) is 4.09. The monoisotopic (exact) mass is 206 g/mol. The fourth-order valence-electron chi connectivity index (χ4n) is 1.40. The zero-order valence-electron chi connectivity index (χ0n) is 9.74. The quantitative estimate of drug-likeness (QED) is 0.824. The number of amides is 1. The third-order valence-electron chi connectivity index (χ3n) is 2.34. The van der Waals surface area contributed by atoms with Crippen molar-refractivity contribution >= 4 is 5.91 Å². The summed E-state index contributed by atoms with van der Waals surface area (Å²) >= 11 is 0. The molecule has 1 N–H and O–H groups in total. The zero-order chi connectivity index (χ0) is 11.4. The Morgan fingerprint density at radius 1 is 1.40 bits per heavy atom. The van der Waals surface area contributed by atoms with Crippen LogP contribution in [-0.2, 0) is 4.79 Å². The first kappa shape index (κ1) is 11.7. The SMILES string of the molecule is Cc1cccnc1C(C)NC(=O)C(C)C. The number of aryl methyl sites for hydroxylation is 1. The summed E-state index contributed by atoms with van der Waals surface area (Å²) in [6.07, 6.45) is 1.75. The van der Waals surface area contributed by atoms with Gasteiger partial charge in [0.2, 0.25) is 5.91 Å². The van der Waals surface area contributed by atoms with Gasteiger partial charge in [-0.05, 0) is 25.5 Å². The summed E-state index contributed by atoms with van der Waals surface area (Å²) in [6.45, 7) is 7.72. The molecule has 1 atom stereocenters. The van der Waals surface area contributed by atoms with E-state index in [1.807, 2.05) is 39.8 Å². The van der Waals surface area contributed by atoms with Gasteiger partial charge in [-0.25, -0.2) is 0 Å². The lowest BCUT2D eigenvalue weighted by Gasteiger charge is -2.16. The van der Waals surface area contributed by atoms with Gasteiger partial charge in [0.15, 0.2) is 0 Å². The number of rotatable bonds is 3. The number of nitrogens with one attached hydrogen (secondary N) is 1. The number of aromatic nitrogens is 1. The van der Waals surface area contributed by atoms with Crippen LogP contribution in [0.1, 0.15) is 38.1 Å². The molecule has 0 aromatic carbocycles. The highest BCUT2D eigenvalue weighted by molar-refractivity contribution is 5.78. The van der Waals surface area contributed by atoms with Gasteiger partial charge < -0.3 is 5.32 Å². The highest BCUT2D eigenvalue weighted by Gasteiger charge is 2.14. The molecule has 15 heavy (non-hydrogen) atoms. The fourth-order valence-corrected chi connectivity index (χ4v) is 1.40. The van der Waals surface area contributed by atoms with E-state index in [0.717, 1.165) is 11.3 Å². The summed E-state index contributed by atoms with van der Waals surface area (Å²) in [4.78, 5) is 15.8. The van der Waals surface area contributed by atoms with Gasteiger partial charge in [0.1, 0.15) is 0 Å². The molecule has 0 fully saturated rings. The lowest BCUT2D eigenvalue weighted by Crippen LogP contribution is -2.31. The Hall–Kier alpha value is -1.38. The normalized spacial score (nSPS) is 12.6. The van der Waals surface area contributed by atoms with Crippen molar-refractivity contribution < 1.29 is 4.79 Å².